The summed E-state index contributed by atoms with van der Waals surface area (Å²) in [5.41, 5.74) is 0.880. The first-order chi connectivity index (χ1) is 15.8. The van der Waals surface area contributed by atoms with Crippen molar-refractivity contribution in [3.05, 3.63) is 98.0 Å². The Kier molecular flexibility index (Phi) is 7.02. The van der Waals surface area contributed by atoms with Crippen LogP contribution in [0, 0.1) is 11.6 Å². The summed E-state index contributed by atoms with van der Waals surface area (Å²) in [6.45, 7) is 0.269. The molecule has 2 aromatic heterocycles. The molecule has 0 spiro atoms. The molecule has 0 radical (unpaired) electrons. The van der Waals surface area contributed by atoms with Gasteiger partial charge in [0.05, 0.1) is 21.1 Å². The second kappa shape index (κ2) is 9.94. The van der Waals surface area contributed by atoms with Gasteiger partial charge in [0, 0.05) is 12.3 Å². The van der Waals surface area contributed by atoms with E-state index in [0.717, 1.165) is 17.7 Å². The Morgan fingerprint density at radius 1 is 1.12 bits per heavy atom. The predicted octanol–water partition coefficient (Wildman–Crippen LogP) is 6.70. The molecule has 0 saturated heterocycles. The molecule has 0 unspecified atom stereocenters. The molecule has 0 fully saturated rings. The average Bonchev–Trinajstić information content (AvgIpc) is 3.37. The number of anilines is 1. The molecule has 2 aromatic carbocycles. The standard InChI is InChI=1S/C22H14BrCl2F2N3O3/c23-15-10-30(9-12-1-4-16(24)17(25)7-12)29-21(15)28-22(31)20-6-3-14(33-20)11-32-19-5-2-13(26)8-18(19)27/h1-8,10H,9,11H2,(H,28,29,31). The van der Waals surface area contributed by atoms with Crippen molar-refractivity contribution in [2.24, 2.45) is 0 Å². The van der Waals surface area contributed by atoms with Gasteiger partial charge in [-0.3, -0.25) is 9.48 Å². The van der Waals surface area contributed by atoms with E-state index in [2.05, 4.69) is 26.3 Å². The number of rotatable bonds is 7. The number of amides is 1. The number of halogens is 5. The smallest absolute Gasteiger partial charge is 0.292 e. The van der Waals surface area contributed by atoms with Crippen molar-refractivity contribution in [3.8, 4) is 5.75 Å². The lowest BCUT2D eigenvalue weighted by Crippen LogP contribution is -2.12. The summed E-state index contributed by atoms with van der Waals surface area (Å²) in [4.78, 5) is 12.5. The quantitative estimate of drug-likeness (QED) is 0.275. The van der Waals surface area contributed by atoms with Crippen molar-refractivity contribution in [1.29, 1.82) is 0 Å². The second-order valence-corrected chi connectivity index (χ2v) is 8.52. The van der Waals surface area contributed by atoms with Crippen LogP contribution in [-0.2, 0) is 13.2 Å². The third kappa shape index (κ3) is 5.73. The Labute approximate surface area is 205 Å². The molecule has 6 nitrogen and oxygen atoms in total. The largest absolute Gasteiger partial charge is 0.483 e. The Balaban J connectivity index is 1.38. The van der Waals surface area contributed by atoms with Crippen LogP contribution in [0.3, 0.4) is 0 Å². The van der Waals surface area contributed by atoms with E-state index in [0.29, 0.717) is 26.9 Å². The van der Waals surface area contributed by atoms with Crippen LogP contribution < -0.4 is 10.1 Å². The molecule has 0 aliphatic carbocycles. The number of benzene rings is 2. The SMILES string of the molecule is O=C(Nc1nn(Cc2ccc(Cl)c(Cl)c2)cc1Br)c1ccc(COc2ccc(F)cc2F)o1. The maximum Gasteiger partial charge on any atom is 0.292 e. The molecule has 0 aliphatic heterocycles. The summed E-state index contributed by atoms with van der Waals surface area (Å²) >= 11 is 15.4. The van der Waals surface area contributed by atoms with Gasteiger partial charge in [0.1, 0.15) is 18.2 Å². The van der Waals surface area contributed by atoms with Gasteiger partial charge in [-0.05, 0) is 57.9 Å². The normalized spacial score (nSPS) is 10.9. The van der Waals surface area contributed by atoms with Crippen molar-refractivity contribution in [1.82, 2.24) is 9.78 Å². The summed E-state index contributed by atoms with van der Waals surface area (Å²) in [5, 5.41) is 7.90. The summed E-state index contributed by atoms with van der Waals surface area (Å²) in [5.74, 6) is -1.61. The third-order valence-corrected chi connectivity index (χ3v) is 5.75. The molecule has 1 amide bonds. The van der Waals surface area contributed by atoms with Crippen molar-refractivity contribution < 1.29 is 22.7 Å². The van der Waals surface area contributed by atoms with E-state index < -0.39 is 17.5 Å². The molecule has 1 N–H and O–H groups in total. The topological polar surface area (TPSA) is 69.3 Å². The lowest BCUT2D eigenvalue weighted by molar-refractivity contribution is 0.0992. The van der Waals surface area contributed by atoms with Crippen LogP contribution in [0.15, 0.2) is 63.6 Å². The highest BCUT2D eigenvalue weighted by molar-refractivity contribution is 9.10. The number of furan rings is 1. The van der Waals surface area contributed by atoms with Gasteiger partial charge in [-0.2, -0.15) is 5.10 Å². The van der Waals surface area contributed by atoms with Crippen LogP contribution in [0.2, 0.25) is 10.0 Å². The fraction of sp³-hybridized carbons (Fsp3) is 0.0909. The lowest BCUT2D eigenvalue weighted by atomic mass is 10.2. The number of nitrogens with zero attached hydrogens (tertiary/aromatic N) is 2. The number of nitrogens with one attached hydrogen (secondary N) is 1. The van der Waals surface area contributed by atoms with E-state index >= 15 is 0 Å². The average molecular weight is 557 g/mol. The zero-order valence-corrected chi connectivity index (χ0v) is 19.7. The second-order valence-electron chi connectivity index (χ2n) is 6.86. The van der Waals surface area contributed by atoms with Crippen LogP contribution in [0.5, 0.6) is 5.75 Å². The van der Waals surface area contributed by atoms with Crippen molar-refractivity contribution in [2.45, 2.75) is 13.2 Å². The number of carbonyl (C=O) groups is 1. The van der Waals surface area contributed by atoms with Crippen molar-refractivity contribution in [3.63, 3.8) is 0 Å². The summed E-state index contributed by atoms with van der Waals surface area (Å²) in [6, 6.07) is 11.2. The summed E-state index contributed by atoms with van der Waals surface area (Å²) in [6.07, 6.45) is 1.71. The zero-order chi connectivity index (χ0) is 23.5. The van der Waals surface area contributed by atoms with E-state index in [1.165, 1.54) is 18.2 Å². The van der Waals surface area contributed by atoms with E-state index in [1.54, 1.807) is 23.0 Å². The fourth-order valence-electron chi connectivity index (χ4n) is 2.88. The molecule has 0 atom stereocenters. The van der Waals surface area contributed by atoms with Gasteiger partial charge < -0.3 is 14.5 Å². The number of hydrogen-bond acceptors (Lipinski definition) is 4. The maximum atomic E-state index is 13.7. The molecule has 0 saturated carbocycles. The molecule has 2 heterocycles. The van der Waals surface area contributed by atoms with E-state index in [-0.39, 0.29) is 23.9 Å². The van der Waals surface area contributed by atoms with Gasteiger partial charge in [0.2, 0.25) is 0 Å². The molecule has 33 heavy (non-hydrogen) atoms. The minimum absolute atomic E-state index is 0.0131. The minimum atomic E-state index is -0.833. The van der Waals surface area contributed by atoms with Crippen LogP contribution in [0.25, 0.3) is 0 Å². The van der Waals surface area contributed by atoms with Gasteiger partial charge in [-0.15, -0.1) is 0 Å². The van der Waals surface area contributed by atoms with E-state index in [9.17, 15) is 13.6 Å². The van der Waals surface area contributed by atoms with Gasteiger partial charge in [0.25, 0.3) is 5.91 Å². The highest BCUT2D eigenvalue weighted by Gasteiger charge is 2.16. The monoisotopic (exact) mass is 555 g/mol. The van der Waals surface area contributed by atoms with Crippen molar-refractivity contribution in [2.75, 3.05) is 5.32 Å². The first-order valence-corrected chi connectivity index (χ1v) is 11.0. The molecule has 4 aromatic rings. The van der Waals surface area contributed by atoms with Crippen LogP contribution in [0.4, 0.5) is 14.6 Å². The Bertz CT molecular complexity index is 1330. The van der Waals surface area contributed by atoms with Crippen LogP contribution >= 0.6 is 39.1 Å². The number of ether oxygens (including phenoxy) is 1. The minimum Gasteiger partial charge on any atom is -0.483 e. The lowest BCUT2D eigenvalue weighted by Gasteiger charge is -2.05. The fourth-order valence-corrected chi connectivity index (χ4v) is 3.61. The van der Waals surface area contributed by atoms with Gasteiger partial charge in [-0.1, -0.05) is 29.3 Å². The third-order valence-electron chi connectivity index (χ3n) is 4.43. The van der Waals surface area contributed by atoms with Crippen LogP contribution in [0.1, 0.15) is 21.9 Å². The highest BCUT2D eigenvalue weighted by Crippen LogP contribution is 2.25. The first kappa shape index (κ1) is 23.3. The summed E-state index contributed by atoms with van der Waals surface area (Å²) < 4.78 is 39.6. The van der Waals surface area contributed by atoms with E-state index in [4.69, 9.17) is 32.4 Å². The molecule has 170 valence electrons. The number of aromatic nitrogens is 2. The maximum absolute atomic E-state index is 13.7. The molecule has 11 heteroatoms. The zero-order valence-electron chi connectivity index (χ0n) is 16.6. The molecular weight excluding hydrogens is 543 g/mol. The van der Waals surface area contributed by atoms with Gasteiger partial charge in [-0.25, -0.2) is 8.78 Å². The number of carbonyl (C=O) groups excluding carboxylic acids is 1. The first-order valence-electron chi connectivity index (χ1n) is 9.43. The highest BCUT2D eigenvalue weighted by atomic mass is 79.9. The number of hydrogen-bond donors (Lipinski definition) is 1. The molecule has 4 rings (SSSR count). The molecular formula is C22H14BrCl2F2N3O3. The predicted molar refractivity (Wildman–Crippen MR) is 123 cm³/mol. The van der Waals surface area contributed by atoms with Crippen LogP contribution in [-0.4, -0.2) is 15.7 Å². The van der Waals surface area contributed by atoms with Gasteiger partial charge in [0.15, 0.2) is 23.1 Å². The van der Waals surface area contributed by atoms with E-state index in [1.807, 2.05) is 6.07 Å². The molecule has 0 aliphatic rings. The van der Waals surface area contributed by atoms with Gasteiger partial charge >= 0.3 is 0 Å². The Morgan fingerprint density at radius 2 is 1.94 bits per heavy atom. The van der Waals surface area contributed by atoms with Crippen molar-refractivity contribution >= 4 is 50.9 Å². The Morgan fingerprint density at radius 3 is 2.70 bits per heavy atom. The Hall–Kier alpha value is -2.88. The molecule has 0 bridgehead atoms. The summed E-state index contributed by atoms with van der Waals surface area (Å²) in [7, 11) is 0.